The minimum absolute atomic E-state index is 0.0987. The summed E-state index contributed by atoms with van der Waals surface area (Å²) in [5, 5.41) is 23.1. The minimum atomic E-state index is -1.17. The van der Waals surface area contributed by atoms with Crippen LogP contribution in [0.5, 0.6) is 5.75 Å². The number of hydrogen-bond donors (Lipinski definition) is 3. The van der Waals surface area contributed by atoms with Crippen LogP contribution >= 0.6 is 0 Å². The maximum absolute atomic E-state index is 12.0. The lowest BCUT2D eigenvalue weighted by Crippen LogP contribution is -3.18. The average molecular weight is 292 g/mol. The number of carboxylic acid groups (broad SMARTS) is 1. The molecule has 3 N–H and O–H groups in total. The summed E-state index contributed by atoms with van der Waals surface area (Å²) in [6.45, 7) is 1.54. The molecule has 1 saturated heterocycles. The monoisotopic (exact) mass is 292 g/mol. The fraction of sp³-hybridized carbons (Fsp3) is 0.467. The van der Waals surface area contributed by atoms with Gasteiger partial charge in [-0.3, -0.25) is 4.79 Å². The molecule has 1 fully saturated rings. The van der Waals surface area contributed by atoms with Crippen LogP contribution in [0.15, 0.2) is 24.3 Å². The van der Waals surface area contributed by atoms with E-state index in [1.807, 2.05) is 0 Å². The van der Waals surface area contributed by atoms with E-state index >= 15 is 0 Å². The maximum atomic E-state index is 12.0. The molecule has 1 aromatic rings. The van der Waals surface area contributed by atoms with Crippen LogP contribution in [0.25, 0.3) is 0 Å². The number of hydrogen-bond acceptors (Lipinski definition) is 4. The van der Waals surface area contributed by atoms with Gasteiger partial charge in [-0.1, -0.05) is 0 Å². The third-order valence-electron chi connectivity index (χ3n) is 3.81. The van der Waals surface area contributed by atoms with Crippen molar-refractivity contribution < 1.29 is 24.7 Å². The second kappa shape index (κ2) is 7.08. The first-order chi connectivity index (χ1) is 10.1. The normalized spacial score (nSPS) is 17.1. The zero-order chi connectivity index (χ0) is 15.2. The summed E-state index contributed by atoms with van der Waals surface area (Å²) in [5.41, 5.74) is 0.531. The largest absolute Gasteiger partial charge is 0.544 e. The van der Waals surface area contributed by atoms with Crippen LogP contribution in [0, 0.1) is 0 Å². The molecule has 1 aliphatic heterocycles. The van der Waals surface area contributed by atoms with Gasteiger partial charge in [-0.15, -0.1) is 0 Å². The quantitative estimate of drug-likeness (QED) is 0.601. The second-order valence-corrected chi connectivity index (χ2v) is 5.39. The van der Waals surface area contributed by atoms with Crippen molar-refractivity contribution in [2.45, 2.75) is 31.7 Å². The summed E-state index contributed by atoms with van der Waals surface area (Å²) < 4.78 is 0. The summed E-state index contributed by atoms with van der Waals surface area (Å²) in [4.78, 5) is 24.2. The summed E-state index contributed by atoms with van der Waals surface area (Å²) in [6, 6.07) is 5.25. The van der Waals surface area contributed by atoms with Gasteiger partial charge in [-0.25, -0.2) is 0 Å². The summed E-state index contributed by atoms with van der Waals surface area (Å²) in [5.74, 6) is -1.42. The molecular weight excluding hydrogens is 272 g/mol. The van der Waals surface area contributed by atoms with Crippen molar-refractivity contribution in [1.82, 2.24) is 0 Å². The molecule has 1 aromatic carbocycles. The van der Waals surface area contributed by atoms with E-state index in [1.165, 1.54) is 12.1 Å². The molecule has 0 unspecified atom stereocenters. The standard InChI is InChI=1S/C15H20N2O4/c18-12-6-4-11(5-7-12)16-14(19)10-13(15(20)21)17-8-2-1-3-9-17/h4-7,13,18H,1-3,8-10H2,(H,16,19)(H,20,21)/t13-/m1/s1. The number of quaternary nitrogens is 1. The number of piperidine rings is 1. The number of rotatable bonds is 5. The van der Waals surface area contributed by atoms with Crippen molar-refractivity contribution in [3.05, 3.63) is 24.3 Å². The molecule has 1 aliphatic rings. The molecule has 1 atom stereocenters. The number of carbonyl (C=O) groups is 2. The maximum Gasteiger partial charge on any atom is 0.230 e. The minimum Gasteiger partial charge on any atom is -0.544 e. The van der Waals surface area contributed by atoms with Gasteiger partial charge in [0.05, 0.1) is 25.5 Å². The number of phenols is 1. The Hall–Kier alpha value is -2.08. The molecule has 6 heteroatoms. The van der Waals surface area contributed by atoms with E-state index in [-0.39, 0.29) is 18.1 Å². The predicted octanol–water partition coefficient (Wildman–Crippen LogP) is -1.09. The van der Waals surface area contributed by atoms with Gasteiger partial charge >= 0.3 is 0 Å². The molecule has 21 heavy (non-hydrogen) atoms. The Morgan fingerprint density at radius 1 is 1.19 bits per heavy atom. The van der Waals surface area contributed by atoms with E-state index in [0.717, 1.165) is 37.3 Å². The van der Waals surface area contributed by atoms with E-state index in [0.29, 0.717) is 5.69 Å². The topological polar surface area (TPSA) is 93.9 Å². The zero-order valence-corrected chi connectivity index (χ0v) is 11.8. The van der Waals surface area contributed by atoms with Crippen LogP contribution in [0.1, 0.15) is 25.7 Å². The molecule has 1 amide bonds. The van der Waals surface area contributed by atoms with Gasteiger partial charge < -0.3 is 25.2 Å². The highest BCUT2D eigenvalue weighted by atomic mass is 16.4. The lowest BCUT2D eigenvalue weighted by molar-refractivity contribution is -0.922. The molecule has 0 aromatic heterocycles. The van der Waals surface area contributed by atoms with Crippen molar-refractivity contribution in [3.63, 3.8) is 0 Å². The summed E-state index contributed by atoms with van der Waals surface area (Å²) in [7, 11) is 0. The number of phenolic OH excluding ortho intramolecular Hbond substituents is 1. The number of anilines is 1. The van der Waals surface area contributed by atoms with Crippen LogP contribution in [-0.4, -0.2) is 36.1 Å². The smallest absolute Gasteiger partial charge is 0.230 e. The highest BCUT2D eigenvalue weighted by molar-refractivity contribution is 5.93. The van der Waals surface area contributed by atoms with Crippen LogP contribution in [0.4, 0.5) is 5.69 Å². The zero-order valence-electron chi connectivity index (χ0n) is 11.8. The van der Waals surface area contributed by atoms with Crippen LogP contribution in [0.2, 0.25) is 0 Å². The molecule has 0 aliphatic carbocycles. The van der Waals surface area contributed by atoms with E-state index in [4.69, 9.17) is 0 Å². The molecule has 1 heterocycles. The highest BCUT2D eigenvalue weighted by Crippen LogP contribution is 2.14. The number of carbonyl (C=O) groups excluding carboxylic acids is 2. The number of likely N-dealkylation sites (tertiary alicyclic amines) is 1. The number of carboxylic acids is 1. The molecular formula is C15H20N2O4. The number of benzene rings is 1. The fourth-order valence-electron chi connectivity index (χ4n) is 2.69. The van der Waals surface area contributed by atoms with E-state index in [9.17, 15) is 19.8 Å². The average Bonchev–Trinajstić information content (AvgIpc) is 2.48. The molecule has 114 valence electrons. The Kier molecular flexibility index (Phi) is 5.16. The third kappa shape index (κ3) is 4.46. The van der Waals surface area contributed by atoms with Gasteiger partial charge in [0.1, 0.15) is 11.8 Å². The first kappa shape index (κ1) is 15.3. The Labute approximate surface area is 123 Å². The van der Waals surface area contributed by atoms with Gasteiger partial charge in [0.15, 0.2) is 0 Å². The van der Waals surface area contributed by atoms with Gasteiger partial charge in [0, 0.05) is 5.69 Å². The van der Waals surface area contributed by atoms with Gasteiger partial charge in [0.2, 0.25) is 5.91 Å². The number of aliphatic carboxylic acids is 1. The van der Waals surface area contributed by atoms with Gasteiger partial charge in [-0.05, 0) is 43.5 Å². The lowest BCUT2D eigenvalue weighted by Gasteiger charge is -2.31. The van der Waals surface area contributed by atoms with Crippen molar-refractivity contribution in [3.8, 4) is 5.75 Å². The predicted molar refractivity (Wildman–Crippen MR) is 74.7 cm³/mol. The number of amides is 1. The second-order valence-electron chi connectivity index (χ2n) is 5.39. The Morgan fingerprint density at radius 2 is 1.81 bits per heavy atom. The SMILES string of the molecule is O=C(C[C@H](C(=O)[O-])[NH+]1CCCCC1)Nc1ccc(O)cc1. The van der Waals surface area contributed by atoms with E-state index in [2.05, 4.69) is 5.32 Å². The van der Waals surface area contributed by atoms with Crippen molar-refractivity contribution in [2.75, 3.05) is 18.4 Å². The Balaban J connectivity index is 1.94. The molecule has 0 bridgehead atoms. The first-order valence-electron chi connectivity index (χ1n) is 7.20. The van der Waals surface area contributed by atoms with Gasteiger partial charge in [-0.2, -0.15) is 0 Å². The van der Waals surface area contributed by atoms with Crippen LogP contribution in [-0.2, 0) is 9.59 Å². The summed E-state index contributed by atoms with van der Waals surface area (Å²) in [6.07, 6.45) is 2.99. The van der Waals surface area contributed by atoms with Crippen LogP contribution < -0.4 is 15.3 Å². The van der Waals surface area contributed by atoms with Crippen molar-refractivity contribution >= 4 is 17.6 Å². The highest BCUT2D eigenvalue weighted by Gasteiger charge is 2.27. The first-order valence-corrected chi connectivity index (χ1v) is 7.20. The summed E-state index contributed by atoms with van der Waals surface area (Å²) >= 11 is 0. The number of nitrogens with one attached hydrogen (secondary N) is 2. The van der Waals surface area contributed by atoms with E-state index in [1.54, 1.807) is 12.1 Å². The lowest BCUT2D eigenvalue weighted by atomic mass is 10.1. The van der Waals surface area contributed by atoms with E-state index < -0.39 is 12.0 Å². The Morgan fingerprint density at radius 3 is 2.38 bits per heavy atom. The van der Waals surface area contributed by atoms with Crippen molar-refractivity contribution in [1.29, 1.82) is 0 Å². The molecule has 0 saturated carbocycles. The fourth-order valence-corrected chi connectivity index (χ4v) is 2.69. The number of aromatic hydroxyl groups is 1. The molecule has 6 nitrogen and oxygen atoms in total. The molecule has 0 spiro atoms. The molecule has 2 rings (SSSR count). The van der Waals surface area contributed by atoms with Gasteiger partial charge in [0.25, 0.3) is 0 Å². The molecule has 0 radical (unpaired) electrons. The third-order valence-corrected chi connectivity index (χ3v) is 3.81. The van der Waals surface area contributed by atoms with Crippen molar-refractivity contribution in [2.24, 2.45) is 0 Å². The van der Waals surface area contributed by atoms with Crippen LogP contribution in [0.3, 0.4) is 0 Å². The Bertz CT molecular complexity index is 495.